The van der Waals surface area contributed by atoms with E-state index in [1.807, 2.05) is 0 Å². The smallest absolute Gasteiger partial charge is 0.329 e. The van der Waals surface area contributed by atoms with Gasteiger partial charge in [-0.25, -0.2) is 9.69 Å². The molecule has 100 valence electrons. The number of hydrogen-bond donors (Lipinski definition) is 2. The highest BCUT2D eigenvalue weighted by Crippen LogP contribution is 2.23. The molecule has 0 aliphatic carbocycles. The molecule has 1 aliphatic rings. The van der Waals surface area contributed by atoms with Crippen LogP contribution in [0.5, 0.6) is 5.75 Å². The number of amides is 3. The molecule has 0 saturated carbocycles. The van der Waals surface area contributed by atoms with Crippen LogP contribution in [0.1, 0.15) is 6.42 Å². The molecule has 0 spiro atoms. The highest BCUT2D eigenvalue weighted by molar-refractivity contribution is 6.21. The van der Waals surface area contributed by atoms with E-state index in [0.717, 1.165) is 4.90 Å². The van der Waals surface area contributed by atoms with Crippen LogP contribution < -0.4 is 15.0 Å². The van der Waals surface area contributed by atoms with Gasteiger partial charge in [-0.15, -0.1) is 0 Å². The van der Waals surface area contributed by atoms with E-state index < -0.39 is 30.4 Å². The van der Waals surface area contributed by atoms with Crippen LogP contribution in [0.2, 0.25) is 0 Å². The van der Waals surface area contributed by atoms with Crippen molar-refractivity contribution in [3.05, 3.63) is 24.3 Å². The largest absolute Gasteiger partial charge is 0.497 e. The molecule has 1 aromatic rings. The van der Waals surface area contributed by atoms with Crippen LogP contribution in [-0.4, -0.2) is 36.2 Å². The molecule has 7 heteroatoms. The molecule has 3 amide bonds. The molecular formula is C12H12N2O5. The summed E-state index contributed by atoms with van der Waals surface area (Å²) < 4.78 is 4.98. The van der Waals surface area contributed by atoms with E-state index in [0.29, 0.717) is 11.4 Å². The van der Waals surface area contributed by atoms with Gasteiger partial charge in [0, 0.05) is 0 Å². The third kappa shape index (κ3) is 2.49. The van der Waals surface area contributed by atoms with Gasteiger partial charge in [0.05, 0.1) is 19.2 Å². The summed E-state index contributed by atoms with van der Waals surface area (Å²) in [7, 11) is 1.51. The Morgan fingerprint density at radius 3 is 2.53 bits per heavy atom. The zero-order valence-electron chi connectivity index (χ0n) is 10.1. The Morgan fingerprint density at radius 1 is 1.37 bits per heavy atom. The maximum atomic E-state index is 12.0. The van der Waals surface area contributed by atoms with E-state index in [4.69, 9.17) is 9.84 Å². The fourth-order valence-corrected chi connectivity index (χ4v) is 1.82. The summed E-state index contributed by atoms with van der Waals surface area (Å²) >= 11 is 0. The summed E-state index contributed by atoms with van der Waals surface area (Å²) in [6.45, 7) is 0. The average molecular weight is 264 g/mol. The Labute approximate surface area is 108 Å². The fourth-order valence-electron chi connectivity index (χ4n) is 1.82. The van der Waals surface area contributed by atoms with Gasteiger partial charge in [-0.05, 0) is 24.3 Å². The lowest BCUT2D eigenvalue weighted by Gasteiger charge is -2.13. The molecule has 0 aromatic heterocycles. The van der Waals surface area contributed by atoms with Crippen LogP contribution in [0, 0.1) is 0 Å². The predicted molar refractivity (Wildman–Crippen MR) is 65.1 cm³/mol. The molecule has 19 heavy (non-hydrogen) atoms. The van der Waals surface area contributed by atoms with Gasteiger partial charge in [-0.3, -0.25) is 9.59 Å². The number of methoxy groups -OCH3 is 1. The normalized spacial score (nSPS) is 18.4. The quantitative estimate of drug-likeness (QED) is 0.776. The van der Waals surface area contributed by atoms with Gasteiger partial charge in [0.1, 0.15) is 11.8 Å². The van der Waals surface area contributed by atoms with Crippen molar-refractivity contribution in [1.82, 2.24) is 5.32 Å². The van der Waals surface area contributed by atoms with E-state index in [2.05, 4.69) is 5.32 Å². The molecule has 1 fully saturated rings. The standard InChI is InChI=1S/C12H12N2O5/c1-19-8-4-2-7(3-5-8)14-11(17)9(6-10(15)16)13-12(14)18/h2-5,9H,6H2,1H3,(H,13,18)(H,15,16)/t9-/m0/s1. The number of rotatable bonds is 4. The van der Waals surface area contributed by atoms with Crippen LogP contribution in [0.15, 0.2) is 24.3 Å². The minimum absolute atomic E-state index is 0.371. The first kappa shape index (κ1) is 12.9. The molecule has 1 atom stereocenters. The van der Waals surface area contributed by atoms with Gasteiger partial charge in [-0.2, -0.15) is 0 Å². The van der Waals surface area contributed by atoms with Crippen LogP contribution in [0.25, 0.3) is 0 Å². The number of carboxylic acids is 1. The lowest BCUT2D eigenvalue weighted by molar-refractivity contribution is -0.139. The SMILES string of the molecule is COc1ccc(N2C(=O)N[C@@H](CC(=O)O)C2=O)cc1. The topological polar surface area (TPSA) is 95.9 Å². The maximum Gasteiger partial charge on any atom is 0.329 e. The molecule has 2 N–H and O–H groups in total. The second kappa shape index (κ2) is 4.97. The van der Waals surface area contributed by atoms with E-state index in [9.17, 15) is 14.4 Å². The molecule has 1 aromatic carbocycles. The second-order valence-corrected chi connectivity index (χ2v) is 3.97. The first-order chi connectivity index (χ1) is 9.02. The zero-order chi connectivity index (χ0) is 14.0. The Morgan fingerprint density at radius 2 is 2.00 bits per heavy atom. The van der Waals surface area contributed by atoms with Gasteiger partial charge >= 0.3 is 12.0 Å². The van der Waals surface area contributed by atoms with Crippen LogP contribution >= 0.6 is 0 Å². The van der Waals surface area contributed by atoms with Crippen molar-refractivity contribution in [3.63, 3.8) is 0 Å². The van der Waals surface area contributed by atoms with Crippen molar-refractivity contribution in [3.8, 4) is 5.75 Å². The van der Waals surface area contributed by atoms with Crippen molar-refractivity contribution in [2.24, 2.45) is 0 Å². The number of benzene rings is 1. The van der Waals surface area contributed by atoms with Crippen molar-refractivity contribution in [2.45, 2.75) is 12.5 Å². The molecule has 1 heterocycles. The number of hydrogen-bond acceptors (Lipinski definition) is 4. The van der Waals surface area contributed by atoms with Crippen molar-refractivity contribution >= 4 is 23.6 Å². The number of aliphatic carboxylic acids is 1. The lowest BCUT2D eigenvalue weighted by atomic mass is 10.2. The number of nitrogens with zero attached hydrogens (tertiary/aromatic N) is 1. The second-order valence-electron chi connectivity index (χ2n) is 3.97. The van der Waals surface area contributed by atoms with Crippen molar-refractivity contribution in [2.75, 3.05) is 12.0 Å². The van der Waals surface area contributed by atoms with Gasteiger partial charge < -0.3 is 15.2 Å². The zero-order valence-corrected chi connectivity index (χ0v) is 10.1. The minimum atomic E-state index is -1.14. The summed E-state index contributed by atoms with van der Waals surface area (Å²) in [6, 6.07) is 4.69. The van der Waals surface area contributed by atoms with Crippen LogP contribution in [-0.2, 0) is 9.59 Å². The molecule has 7 nitrogen and oxygen atoms in total. The number of anilines is 1. The monoisotopic (exact) mass is 264 g/mol. The van der Waals surface area contributed by atoms with E-state index >= 15 is 0 Å². The van der Waals surface area contributed by atoms with Gasteiger partial charge in [0.2, 0.25) is 0 Å². The number of imide groups is 1. The molecule has 2 rings (SSSR count). The Balaban J connectivity index is 2.21. The number of carbonyl (C=O) groups excluding carboxylic acids is 2. The number of carboxylic acid groups (broad SMARTS) is 1. The third-order valence-electron chi connectivity index (χ3n) is 2.73. The molecule has 0 radical (unpaired) electrons. The van der Waals surface area contributed by atoms with Crippen molar-refractivity contribution in [1.29, 1.82) is 0 Å². The predicted octanol–water partition coefficient (Wildman–Crippen LogP) is 0.595. The van der Waals surface area contributed by atoms with Crippen LogP contribution in [0.4, 0.5) is 10.5 Å². The Bertz CT molecular complexity index is 525. The minimum Gasteiger partial charge on any atom is -0.497 e. The fraction of sp³-hybridized carbons (Fsp3) is 0.250. The van der Waals surface area contributed by atoms with E-state index in [1.54, 1.807) is 24.3 Å². The number of urea groups is 1. The van der Waals surface area contributed by atoms with Gasteiger partial charge in [-0.1, -0.05) is 0 Å². The van der Waals surface area contributed by atoms with Gasteiger partial charge in [0.25, 0.3) is 5.91 Å². The highest BCUT2D eigenvalue weighted by atomic mass is 16.5. The molecule has 1 aliphatic heterocycles. The summed E-state index contributed by atoms with van der Waals surface area (Å²) in [5.74, 6) is -1.12. The Kier molecular flexibility index (Phi) is 3.37. The highest BCUT2D eigenvalue weighted by Gasteiger charge is 2.39. The summed E-state index contributed by atoms with van der Waals surface area (Å²) in [5.41, 5.74) is 0.371. The van der Waals surface area contributed by atoms with E-state index in [-0.39, 0.29) is 0 Å². The lowest BCUT2D eigenvalue weighted by Crippen LogP contribution is -2.32. The first-order valence-electron chi connectivity index (χ1n) is 5.53. The molecular weight excluding hydrogens is 252 g/mol. The van der Waals surface area contributed by atoms with Crippen LogP contribution in [0.3, 0.4) is 0 Å². The average Bonchev–Trinajstić information content (AvgIpc) is 2.64. The maximum absolute atomic E-state index is 12.0. The molecule has 0 bridgehead atoms. The number of carbonyl (C=O) groups is 3. The molecule has 1 saturated heterocycles. The summed E-state index contributed by atoms with van der Waals surface area (Å²) in [6.07, 6.45) is -0.433. The Hall–Kier alpha value is -2.57. The number of nitrogens with one attached hydrogen (secondary N) is 1. The van der Waals surface area contributed by atoms with Gasteiger partial charge in [0.15, 0.2) is 0 Å². The summed E-state index contributed by atoms with van der Waals surface area (Å²) in [5, 5.41) is 11.0. The van der Waals surface area contributed by atoms with Crippen molar-refractivity contribution < 1.29 is 24.2 Å². The number of ether oxygens (including phenoxy) is 1. The third-order valence-corrected chi connectivity index (χ3v) is 2.73. The van der Waals surface area contributed by atoms with E-state index in [1.165, 1.54) is 7.11 Å². The molecule has 0 unspecified atom stereocenters. The first-order valence-corrected chi connectivity index (χ1v) is 5.53. The summed E-state index contributed by atoms with van der Waals surface area (Å²) in [4.78, 5) is 35.2.